The van der Waals surface area contributed by atoms with Crippen LogP contribution in [0, 0.1) is 0 Å². The summed E-state index contributed by atoms with van der Waals surface area (Å²) in [5, 5.41) is 4.18. The van der Waals surface area contributed by atoms with E-state index in [1.807, 2.05) is 29.1 Å². The van der Waals surface area contributed by atoms with Gasteiger partial charge in [0, 0.05) is 51.7 Å². The van der Waals surface area contributed by atoms with Crippen LogP contribution in [0.2, 0.25) is 0 Å². The molecule has 26 heavy (non-hydrogen) atoms. The van der Waals surface area contributed by atoms with Gasteiger partial charge in [0.25, 0.3) is 0 Å². The second-order valence-electron chi connectivity index (χ2n) is 6.74. The Kier molecular flexibility index (Phi) is 6.37. The molecule has 8 heteroatoms. The second-order valence-corrected chi connectivity index (χ2v) is 7.77. The summed E-state index contributed by atoms with van der Waals surface area (Å²) in [6.45, 7) is 7.34. The summed E-state index contributed by atoms with van der Waals surface area (Å²) >= 11 is 1.59. The lowest BCUT2D eigenvalue weighted by atomic mass is 10.0. The predicted octanol–water partition coefficient (Wildman–Crippen LogP) is 0.979. The first-order chi connectivity index (χ1) is 12.6. The van der Waals surface area contributed by atoms with Crippen LogP contribution in [0.3, 0.4) is 0 Å². The molecule has 0 radical (unpaired) electrons. The highest BCUT2D eigenvalue weighted by molar-refractivity contribution is 8.00. The molecule has 2 amide bonds. The monoisotopic (exact) mass is 377 g/mol. The summed E-state index contributed by atoms with van der Waals surface area (Å²) < 4.78 is 1.72. The third kappa shape index (κ3) is 4.29. The Hall–Kier alpha value is -1.80. The van der Waals surface area contributed by atoms with Crippen LogP contribution in [0.4, 0.5) is 5.69 Å². The first-order valence-electron chi connectivity index (χ1n) is 9.10. The molecule has 3 rings (SSSR count). The van der Waals surface area contributed by atoms with E-state index in [1.165, 1.54) is 0 Å². The Morgan fingerprint density at radius 1 is 1.35 bits per heavy atom. The van der Waals surface area contributed by atoms with E-state index in [-0.39, 0.29) is 17.9 Å². The lowest BCUT2D eigenvalue weighted by Gasteiger charge is -2.42. The quantitative estimate of drug-likeness (QED) is 0.546. The molecule has 1 atom stereocenters. The molecule has 2 saturated heterocycles. The molecule has 2 aliphatic heterocycles. The van der Waals surface area contributed by atoms with Gasteiger partial charge in [0.1, 0.15) is 0 Å². The van der Waals surface area contributed by atoms with Gasteiger partial charge in [0.05, 0.1) is 23.7 Å². The second kappa shape index (κ2) is 8.73. The number of amides is 2. The van der Waals surface area contributed by atoms with E-state index < -0.39 is 0 Å². The van der Waals surface area contributed by atoms with Crippen LogP contribution < -0.4 is 4.90 Å². The molecule has 2 aliphatic rings. The van der Waals surface area contributed by atoms with Crippen LogP contribution in [-0.2, 0) is 16.6 Å². The molecule has 2 fully saturated rings. The molecule has 0 bridgehead atoms. The fourth-order valence-corrected chi connectivity index (χ4v) is 4.24. The minimum Gasteiger partial charge on any atom is -0.339 e. The number of anilines is 1. The number of aryl methyl sites for hydroxylation is 1. The molecule has 142 valence electrons. The van der Waals surface area contributed by atoms with Crippen LogP contribution in [-0.4, -0.2) is 81.7 Å². The van der Waals surface area contributed by atoms with Crippen molar-refractivity contribution in [3.05, 3.63) is 25.0 Å². The van der Waals surface area contributed by atoms with Crippen molar-refractivity contribution in [2.24, 2.45) is 7.05 Å². The largest absolute Gasteiger partial charge is 0.339 e. The minimum atomic E-state index is -0.0867. The molecule has 0 aromatic carbocycles. The molecule has 0 N–H and O–H groups in total. The molecular formula is C18H27N5O2S. The number of piperazine rings is 1. The van der Waals surface area contributed by atoms with Crippen molar-refractivity contribution in [3.63, 3.8) is 0 Å². The SMILES string of the molecule is C=CCSCC(=O)N1CCN(C2CCCN(c3cnn(C)c3)C2=O)CC1. The maximum atomic E-state index is 13.0. The molecule has 0 aliphatic carbocycles. The molecule has 1 unspecified atom stereocenters. The van der Waals surface area contributed by atoms with Gasteiger partial charge in [-0.1, -0.05) is 6.08 Å². The topological polar surface area (TPSA) is 61.7 Å². The molecule has 3 heterocycles. The smallest absolute Gasteiger partial charge is 0.244 e. The summed E-state index contributed by atoms with van der Waals surface area (Å²) in [4.78, 5) is 31.2. The number of rotatable bonds is 6. The normalized spacial score (nSPS) is 21.9. The summed E-state index contributed by atoms with van der Waals surface area (Å²) in [5.41, 5.74) is 0.871. The van der Waals surface area contributed by atoms with Gasteiger partial charge in [0.2, 0.25) is 11.8 Å². The highest BCUT2D eigenvalue weighted by Crippen LogP contribution is 2.24. The third-order valence-electron chi connectivity index (χ3n) is 4.98. The maximum absolute atomic E-state index is 13.0. The first-order valence-corrected chi connectivity index (χ1v) is 10.3. The third-order valence-corrected chi connectivity index (χ3v) is 5.90. The molecule has 1 aromatic heterocycles. The zero-order valence-corrected chi connectivity index (χ0v) is 16.2. The van der Waals surface area contributed by atoms with Crippen molar-refractivity contribution in [2.75, 3.05) is 49.1 Å². The number of hydrogen-bond acceptors (Lipinski definition) is 5. The van der Waals surface area contributed by atoms with E-state index >= 15 is 0 Å². The van der Waals surface area contributed by atoms with Crippen LogP contribution >= 0.6 is 11.8 Å². The summed E-state index contributed by atoms with van der Waals surface area (Å²) in [5.74, 6) is 1.64. The van der Waals surface area contributed by atoms with E-state index in [9.17, 15) is 9.59 Å². The van der Waals surface area contributed by atoms with Crippen LogP contribution in [0.25, 0.3) is 0 Å². The van der Waals surface area contributed by atoms with E-state index in [4.69, 9.17) is 0 Å². The lowest BCUT2D eigenvalue weighted by molar-refractivity contribution is -0.132. The summed E-state index contributed by atoms with van der Waals surface area (Å²) in [6.07, 6.45) is 7.33. The van der Waals surface area contributed by atoms with Crippen LogP contribution in [0.15, 0.2) is 25.0 Å². The van der Waals surface area contributed by atoms with Gasteiger partial charge in [-0.2, -0.15) is 5.10 Å². The van der Waals surface area contributed by atoms with E-state index in [0.29, 0.717) is 18.8 Å². The van der Waals surface area contributed by atoms with E-state index in [1.54, 1.807) is 22.6 Å². The van der Waals surface area contributed by atoms with Gasteiger partial charge in [-0.25, -0.2) is 0 Å². The van der Waals surface area contributed by atoms with Gasteiger partial charge in [-0.05, 0) is 12.8 Å². The molecule has 0 spiro atoms. The molecule has 0 saturated carbocycles. The minimum absolute atomic E-state index is 0.0867. The van der Waals surface area contributed by atoms with Gasteiger partial charge >= 0.3 is 0 Å². The predicted molar refractivity (Wildman–Crippen MR) is 104 cm³/mol. The number of carbonyl (C=O) groups is 2. The number of aromatic nitrogens is 2. The standard InChI is InChI=1S/C18H27N5O2S/c1-3-11-26-14-17(24)22-9-7-21(8-10-22)16-5-4-6-23(18(16)25)15-12-19-20(2)13-15/h3,12-13,16H,1,4-11,14H2,2H3. The number of carbonyl (C=O) groups excluding carboxylic acids is 2. The Morgan fingerprint density at radius 2 is 2.12 bits per heavy atom. The van der Waals surface area contributed by atoms with Crippen molar-refractivity contribution in [3.8, 4) is 0 Å². The van der Waals surface area contributed by atoms with Crippen molar-refractivity contribution in [2.45, 2.75) is 18.9 Å². The Morgan fingerprint density at radius 3 is 2.77 bits per heavy atom. The number of nitrogens with zero attached hydrogens (tertiary/aromatic N) is 5. The molecule has 1 aromatic rings. The maximum Gasteiger partial charge on any atom is 0.244 e. The Bertz CT molecular complexity index is 654. The van der Waals surface area contributed by atoms with Gasteiger partial charge in [-0.15, -0.1) is 18.3 Å². The van der Waals surface area contributed by atoms with Crippen LogP contribution in [0.5, 0.6) is 0 Å². The van der Waals surface area contributed by atoms with Crippen LogP contribution in [0.1, 0.15) is 12.8 Å². The van der Waals surface area contributed by atoms with Gasteiger partial charge in [0.15, 0.2) is 0 Å². The average molecular weight is 378 g/mol. The fraction of sp³-hybridized carbons (Fsp3) is 0.611. The number of hydrogen-bond donors (Lipinski definition) is 0. The van der Waals surface area contributed by atoms with Crippen molar-refractivity contribution < 1.29 is 9.59 Å². The highest BCUT2D eigenvalue weighted by Gasteiger charge is 2.36. The van der Waals surface area contributed by atoms with Crippen molar-refractivity contribution in [1.82, 2.24) is 19.6 Å². The zero-order chi connectivity index (χ0) is 18.5. The lowest BCUT2D eigenvalue weighted by Crippen LogP contribution is -2.58. The van der Waals surface area contributed by atoms with Gasteiger partial charge in [-0.3, -0.25) is 19.2 Å². The molecule has 7 nitrogen and oxygen atoms in total. The summed E-state index contributed by atoms with van der Waals surface area (Å²) in [7, 11) is 1.86. The van der Waals surface area contributed by atoms with Gasteiger partial charge < -0.3 is 9.80 Å². The number of piperidine rings is 1. The van der Waals surface area contributed by atoms with Crippen molar-refractivity contribution in [1.29, 1.82) is 0 Å². The first kappa shape index (κ1) is 19.0. The Labute approximate surface area is 159 Å². The zero-order valence-electron chi connectivity index (χ0n) is 15.3. The highest BCUT2D eigenvalue weighted by atomic mass is 32.2. The van der Waals surface area contributed by atoms with E-state index in [0.717, 1.165) is 43.9 Å². The molecular weight excluding hydrogens is 350 g/mol. The summed E-state index contributed by atoms with van der Waals surface area (Å²) in [6, 6.07) is -0.0867. The average Bonchev–Trinajstić information content (AvgIpc) is 3.08. The van der Waals surface area contributed by atoms with E-state index in [2.05, 4.69) is 16.6 Å². The number of thioether (sulfide) groups is 1. The Balaban J connectivity index is 1.54. The van der Waals surface area contributed by atoms with Crippen molar-refractivity contribution >= 4 is 29.3 Å². The fourth-order valence-electron chi connectivity index (χ4n) is 3.60.